The molecule has 0 fully saturated rings. The van der Waals surface area contributed by atoms with E-state index in [4.69, 9.17) is 0 Å². The molecule has 22 heavy (non-hydrogen) atoms. The van der Waals surface area contributed by atoms with Crippen molar-refractivity contribution in [1.29, 1.82) is 0 Å². The van der Waals surface area contributed by atoms with Gasteiger partial charge < -0.3 is 0 Å². The predicted octanol–water partition coefficient (Wildman–Crippen LogP) is 2.80. The summed E-state index contributed by atoms with van der Waals surface area (Å²) in [5, 5.41) is 2.42. The molecule has 2 aliphatic rings. The molecule has 1 aromatic heterocycles. The molecule has 3 rings (SSSR count). The van der Waals surface area contributed by atoms with Gasteiger partial charge >= 0.3 is 5.76 Å². The number of fused-ring (bicyclic) bond motifs is 1. The third kappa shape index (κ3) is 2.34. The summed E-state index contributed by atoms with van der Waals surface area (Å²) < 4.78 is 76.1. The average molecular weight is 337 g/mol. The molecule has 0 radical (unpaired) electrons. The number of sulfone groups is 1. The van der Waals surface area contributed by atoms with Gasteiger partial charge in [0, 0.05) is 12.8 Å². The van der Waals surface area contributed by atoms with Gasteiger partial charge in [0.15, 0.2) is 12.0 Å². The van der Waals surface area contributed by atoms with Gasteiger partial charge in [0.25, 0.3) is 15.0 Å². The van der Waals surface area contributed by atoms with Gasteiger partial charge in [0.2, 0.25) is 0 Å². The van der Waals surface area contributed by atoms with Crippen LogP contribution < -0.4 is 0 Å². The molecule has 0 aromatic carbocycles. The van der Waals surface area contributed by atoms with E-state index in [9.17, 15) is 26.0 Å². The van der Waals surface area contributed by atoms with Gasteiger partial charge in [-0.05, 0) is 18.1 Å². The highest BCUT2D eigenvalue weighted by Crippen LogP contribution is 2.42. The third-order valence-corrected chi connectivity index (χ3v) is 4.76. The Morgan fingerprint density at radius 1 is 1.36 bits per heavy atom. The van der Waals surface area contributed by atoms with Crippen LogP contribution >= 0.6 is 0 Å². The summed E-state index contributed by atoms with van der Waals surface area (Å²) in [6.45, 7) is 0. The molecule has 0 bridgehead atoms. The summed E-state index contributed by atoms with van der Waals surface area (Å²) in [6.07, 6.45) is 1.87. The van der Waals surface area contributed by atoms with Crippen LogP contribution in [0, 0.1) is 0 Å². The molecule has 0 amide bonds. The lowest BCUT2D eigenvalue weighted by Crippen LogP contribution is -2.15. The lowest BCUT2D eigenvalue weighted by Gasteiger charge is -2.16. The number of hydrogen-bond acceptors (Lipinski definition) is 4. The molecule has 0 saturated carbocycles. The SMILES string of the molecule is O=S(=O)(c1nc2n(n1)[C@H](C1=CCCC(F)=C1)C[C@@H]2F)C(F)F. The Balaban J connectivity index is 2.02. The number of aromatic nitrogens is 3. The molecule has 0 saturated heterocycles. The van der Waals surface area contributed by atoms with E-state index in [1.165, 1.54) is 6.08 Å². The van der Waals surface area contributed by atoms with Gasteiger partial charge in [0.1, 0.15) is 5.83 Å². The van der Waals surface area contributed by atoms with Gasteiger partial charge in [-0.15, -0.1) is 5.10 Å². The molecule has 10 heteroatoms. The Labute approximate surface area is 123 Å². The normalized spacial score (nSPS) is 25.1. The quantitative estimate of drug-likeness (QED) is 0.796. The molecule has 0 spiro atoms. The van der Waals surface area contributed by atoms with E-state index in [1.54, 1.807) is 6.08 Å². The van der Waals surface area contributed by atoms with Crippen molar-refractivity contribution in [3.63, 3.8) is 0 Å². The zero-order valence-electron chi connectivity index (χ0n) is 11.1. The van der Waals surface area contributed by atoms with Crippen LogP contribution in [-0.4, -0.2) is 28.9 Å². The smallest absolute Gasteiger partial charge is 0.239 e. The second kappa shape index (κ2) is 5.18. The lowest BCUT2D eigenvalue weighted by molar-refractivity contribution is 0.233. The van der Waals surface area contributed by atoms with Crippen molar-refractivity contribution in [1.82, 2.24) is 14.8 Å². The van der Waals surface area contributed by atoms with Crippen LogP contribution in [-0.2, 0) is 9.84 Å². The van der Waals surface area contributed by atoms with Crippen LogP contribution in [0.3, 0.4) is 0 Å². The van der Waals surface area contributed by atoms with Crippen LogP contribution in [0.4, 0.5) is 17.6 Å². The number of allylic oxidation sites excluding steroid dienone is 4. The van der Waals surface area contributed by atoms with Crippen LogP contribution in [0.2, 0.25) is 0 Å². The molecule has 1 aromatic rings. The largest absolute Gasteiger partial charge is 0.344 e. The van der Waals surface area contributed by atoms with Crippen molar-refractivity contribution >= 4 is 9.84 Å². The van der Waals surface area contributed by atoms with E-state index in [-0.39, 0.29) is 24.5 Å². The van der Waals surface area contributed by atoms with E-state index in [2.05, 4.69) is 10.1 Å². The maximum absolute atomic E-state index is 14.0. The highest BCUT2D eigenvalue weighted by atomic mass is 32.2. The van der Waals surface area contributed by atoms with E-state index >= 15 is 0 Å². The highest BCUT2D eigenvalue weighted by Gasteiger charge is 2.40. The number of alkyl halides is 3. The fraction of sp³-hybridized carbons (Fsp3) is 0.500. The first-order valence-electron chi connectivity index (χ1n) is 6.49. The summed E-state index contributed by atoms with van der Waals surface area (Å²) in [5.41, 5.74) is 0.441. The summed E-state index contributed by atoms with van der Waals surface area (Å²) in [5.74, 6) is -4.38. The predicted molar refractivity (Wildman–Crippen MR) is 67.2 cm³/mol. The number of nitrogens with zero attached hydrogens (tertiary/aromatic N) is 3. The molecule has 2 heterocycles. The monoisotopic (exact) mass is 337 g/mol. The number of halogens is 4. The first-order chi connectivity index (χ1) is 10.3. The van der Waals surface area contributed by atoms with Gasteiger partial charge in [-0.1, -0.05) is 6.08 Å². The Kier molecular flexibility index (Phi) is 3.58. The second-order valence-corrected chi connectivity index (χ2v) is 6.87. The van der Waals surface area contributed by atoms with Gasteiger partial charge in [-0.25, -0.2) is 21.9 Å². The Hall–Kier alpha value is -1.71. The van der Waals surface area contributed by atoms with Crippen LogP contribution in [0.5, 0.6) is 0 Å². The van der Waals surface area contributed by atoms with Crippen LogP contribution in [0.15, 0.2) is 28.7 Å². The summed E-state index contributed by atoms with van der Waals surface area (Å²) >= 11 is 0. The lowest BCUT2D eigenvalue weighted by atomic mass is 9.98. The first kappa shape index (κ1) is 15.2. The number of rotatable bonds is 3. The second-order valence-electron chi connectivity index (χ2n) is 5.06. The van der Waals surface area contributed by atoms with Crippen LogP contribution in [0.1, 0.15) is 37.3 Å². The Bertz CT molecular complexity index is 769. The number of hydrogen-bond donors (Lipinski definition) is 0. The average Bonchev–Trinajstić information content (AvgIpc) is 3.00. The fourth-order valence-electron chi connectivity index (χ4n) is 2.56. The maximum atomic E-state index is 14.0. The van der Waals surface area contributed by atoms with Gasteiger partial charge in [-0.2, -0.15) is 13.8 Å². The molecule has 1 aliphatic carbocycles. The maximum Gasteiger partial charge on any atom is 0.344 e. The third-order valence-electron chi connectivity index (χ3n) is 3.60. The van der Waals surface area contributed by atoms with Crippen LogP contribution in [0.25, 0.3) is 0 Å². The van der Waals surface area contributed by atoms with Crippen molar-refractivity contribution in [3.05, 3.63) is 29.4 Å². The Morgan fingerprint density at radius 3 is 2.73 bits per heavy atom. The highest BCUT2D eigenvalue weighted by molar-refractivity contribution is 7.91. The van der Waals surface area contributed by atoms with Crippen molar-refractivity contribution < 1.29 is 26.0 Å². The van der Waals surface area contributed by atoms with Gasteiger partial charge in [-0.3, -0.25) is 0 Å². The van der Waals surface area contributed by atoms with E-state index in [1.807, 2.05) is 0 Å². The molecule has 2 atom stereocenters. The van der Waals surface area contributed by atoms with E-state index < -0.39 is 33.0 Å². The van der Waals surface area contributed by atoms with Crippen molar-refractivity contribution in [2.45, 2.75) is 42.4 Å². The molecule has 5 nitrogen and oxygen atoms in total. The van der Waals surface area contributed by atoms with E-state index in [0.29, 0.717) is 12.0 Å². The molecular weight excluding hydrogens is 326 g/mol. The minimum absolute atomic E-state index is 0.0834. The molecular formula is C12H11F4N3O2S. The van der Waals surface area contributed by atoms with Crippen molar-refractivity contribution in [2.75, 3.05) is 0 Å². The molecule has 0 N–H and O–H groups in total. The topological polar surface area (TPSA) is 64.8 Å². The molecule has 1 aliphatic heterocycles. The zero-order valence-corrected chi connectivity index (χ0v) is 11.9. The minimum atomic E-state index is -5.00. The zero-order chi connectivity index (χ0) is 16.1. The fourth-order valence-corrected chi connectivity index (χ4v) is 3.14. The minimum Gasteiger partial charge on any atom is -0.239 e. The molecule has 0 unspecified atom stereocenters. The Morgan fingerprint density at radius 2 is 2.09 bits per heavy atom. The van der Waals surface area contributed by atoms with Gasteiger partial charge in [0.05, 0.1) is 6.04 Å². The van der Waals surface area contributed by atoms with Crippen molar-refractivity contribution in [3.8, 4) is 0 Å². The van der Waals surface area contributed by atoms with Crippen molar-refractivity contribution in [2.24, 2.45) is 0 Å². The molecule has 120 valence electrons. The summed E-state index contributed by atoms with van der Waals surface area (Å²) in [4.78, 5) is 3.40. The first-order valence-corrected chi connectivity index (χ1v) is 8.04. The summed E-state index contributed by atoms with van der Waals surface area (Å²) in [7, 11) is -5.00. The summed E-state index contributed by atoms with van der Waals surface area (Å²) in [6, 6.07) is -0.745. The standard InChI is InChI=1S/C12H11F4N3O2S/c13-7-3-1-2-6(4-7)9-5-8(14)10-17-12(18-19(9)10)22(20,21)11(15)16/h2,4,8-9,11H,1,3,5H2/t8-,9-/m0/s1. The van der Waals surface area contributed by atoms with E-state index in [0.717, 1.165) is 4.68 Å².